The van der Waals surface area contributed by atoms with Crippen LogP contribution in [-0.4, -0.2) is 48.4 Å². The lowest BCUT2D eigenvalue weighted by Crippen LogP contribution is -2.34. The first-order chi connectivity index (χ1) is 31.4. The van der Waals surface area contributed by atoms with Gasteiger partial charge in [0.05, 0.1) is 0 Å². The molecule has 2 aromatic carbocycles. The quantitative estimate of drug-likeness (QED) is 0.0223. The van der Waals surface area contributed by atoms with Crippen molar-refractivity contribution in [2.45, 2.75) is 254 Å². The van der Waals surface area contributed by atoms with E-state index in [1.54, 1.807) is 12.1 Å². The van der Waals surface area contributed by atoms with Gasteiger partial charge in [0.2, 0.25) is 0 Å². The minimum atomic E-state index is -4.71. The molecule has 0 aromatic heterocycles. The second-order valence-electron chi connectivity index (χ2n) is 20.5. The number of carbonyl (C=O) groups is 2. The van der Waals surface area contributed by atoms with Crippen molar-refractivity contribution in [3.8, 4) is 11.5 Å². The van der Waals surface area contributed by atoms with Gasteiger partial charge in [-0.2, -0.15) is 16.8 Å². The molecule has 0 fully saturated rings. The highest BCUT2D eigenvalue weighted by Crippen LogP contribution is 2.42. The van der Waals surface area contributed by atoms with Gasteiger partial charge in [-0.25, -0.2) is 3.63 Å². The van der Waals surface area contributed by atoms with Crippen molar-refractivity contribution in [1.29, 1.82) is 0 Å². The maximum absolute atomic E-state index is 13.4. The lowest BCUT2D eigenvalue weighted by molar-refractivity contribution is -0.135. The fourth-order valence-corrected chi connectivity index (χ4v) is 11.0. The van der Waals surface area contributed by atoms with Gasteiger partial charge in [0, 0.05) is 45.0 Å². The van der Waals surface area contributed by atoms with Gasteiger partial charge in [0.1, 0.15) is 11.5 Å². The topological polar surface area (TPSA) is 171 Å². The Labute approximate surface area is 415 Å². The van der Waals surface area contributed by atoms with Crippen molar-refractivity contribution >= 4 is 56.3 Å². The number of unbranched alkanes of at least 4 members (excludes halogenated alkanes) is 20. The van der Waals surface area contributed by atoms with E-state index in [9.17, 15) is 35.5 Å². The van der Waals surface area contributed by atoms with Gasteiger partial charge >= 0.3 is 11.9 Å². The largest absolute Gasteiger partial charge is 0.425 e. The van der Waals surface area contributed by atoms with Crippen LogP contribution >= 0.6 is 24.1 Å². The Balaban J connectivity index is 2.12. The Morgan fingerprint density at radius 1 is 0.493 bits per heavy atom. The number of esters is 2. The van der Waals surface area contributed by atoms with E-state index in [0.29, 0.717) is 35.1 Å². The molecule has 384 valence electrons. The Bertz CT molecular complexity index is 1880. The van der Waals surface area contributed by atoms with E-state index in [2.05, 4.69) is 13.8 Å². The molecular weight excluding hydrogens is 929 g/mol. The number of rotatable bonds is 34. The van der Waals surface area contributed by atoms with Crippen LogP contribution in [0.3, 0.4) is 0 Å². The molecule has 0 aliphatic carbocycles. The van der Waals surface area contributed by atoms with Crippen LogP contribution in [0.4, 0.5) is 0 Å². The molecule has 11 nitrogen and oxygen atoms in total. The van der Waals surface area contributed by atoms with Gasteiger partial charge < -0.3 is 9.47 Å². The van der Waals surface area contributed by atoms with Crippen LogP contribution in [0, 0.1) is 13.8 Å². The smallest absolute Gasteiger partial charge is 0.332 e. The summed E-state index contributed by atoms with van der Waals surface area (Å²) in [7, 11) is -9.41. The highest BCUT2D eigenvalue weighted by atomic mass is 32.2. The summed E-state index contributed by atoms with van der Waals surface area (Å²) in [5, 5.41) is -3.38. The number of hydrogen-bond acceptors (Lipinski definition) is 11. The molecule has 0 radical (unpaired) electrons. The second-order valence-corrected chi connectivity index (χ2v) is 25.4. The normalized spacial score (nSPS) is 13.4. The summed E-state index contributed by atoms with van der Waals surface area (Å²) in [6, 6.07) is 7.07. The molecule has 2 N–H and O–H groups in total. The summed E-state index contributed by atoms with van der Waals surface area (Å²) < 4.78 is 87.5. The predicted molar refractivity (Wildman–Crippen MR) is 277 cm³/mol. The molecule has 0 spiro atoms. The summed E-state index contributed by atoms with van der Waals surface area (Å²) >= 11 is 2.21. The van der Waals surface area contributed by atoms with Crippen LogP contribution in [0.15, 0.2) is 34.1 Å². The Morgan fingerprint density at radius 2 is 0.761 bits per heavy atom. The lowest BCUT2D eigenvalue weighted by atomic mass is 9.86. The third-order valence-electron chi connectivity index (χ3n) is 12.2. The molecule has 15 heteroatoms. The maximum atomic E-state index is 13.4. The van der Waals surface area contributed by atoms with Crippen molar-refractivity contribution < 1.29 is 48.6 Å². The van der Waals surface area contributed by atoms with Crippen molar-refractivity contribution in [3.63, 3.8) is 0 Å². The minimum absolute atomic E-state index is 0.0260. The zero-order valence-electron chi connectivity index (χ0n) is 42.6. The predicted octanol–water partition coefficient (Wildman–Crippen LogP) is 15.4. The van der Waals surface area contributed by atoms with Crippen LogP contribution in [0.25, 0.3) is 0 Å². The van der Waals surface area contributed by atoms with E-state index < -0.39 is 53.5 Å². The molecule has 0 bridgehead atoms. The molecule has 2 aromatic rings. The van der Waals surface area contributed by atoms with Gasteiger partial charge in [-0.05, 0) is 72.9 Å². The summed E-state index contributed by atoms with van der Waals surface area (Å²) in [4.78, 5) is 28.3. The molecule has 0 saturated heterocycles. The summed E-state index contributed by atoms with van der Waals surface area (Å²) in [6.45, 7) is 19.8. The zero-order valence-corrected chi connectivity index (χ0v) is 45.9. The van der Waals surface area contributed by atoms with Crippen molar-refractivity contribution in [2.24, 2.45) is 0 Å². The van der Waals surface area contributed by atoms with E-state index in [0.717, 1.165) is 85.2 Å². The minimum Gasteiger partial charge on any atom is -0.425 e. The average Bonchev–Trinajstić information content (AvgIpc) is 3.21. The molecule has 67 heavy (non-hydrogen) atoms. The van der Waals surface area contributed by atoms with Crippen LogP contribution in [-0.2, 0) is 44.3 Å². The van der Waals surface area contributed by atoms with Gasteiger partial charge in [-0.3, -0.25) is 18.7 Å². The van der Waals surface area contributed by atoms with Crippen molar-refractivity contribution in [2.75, 3.05) is 0 Å². The molecule has 2 atom stereocenters. The van der Waals surface area contributed by atoms with Gasteiger partial charge in [0.25, 0.3) is 20.2 Å². The number of hydrogen-bond donors (Lipinski definition) is 2. The molecule has 0 saturated carbocycles. The molecule has 0 aliphatic rings. The van der Waals surface area contributed by atoms with Crippen LogP contribution < -0.4 is 9.47 Å². The first-order valence-corrected chi connectivity index (χ1v) is 29.6. The molecule has 0 amide bonds. The molecule has 0 aliphatic heterocycles. The molecular formula is C52H86O11S4. The fraction of sp³-hybridized carbons (Fsp3) is 0.731. The van der Waals surface area contributed by atoms with E-state index in [-0.39, 0.29) is 24.3 Å². The lowest BCUT2D eigenvalue weighted by Gasteiger charge is -2.25. The van der Waals surface area contributed by atoms with Gasteiger partial charge in [-0.1, -0.05) is 197 Å². The first-order valence-electron chi connectivity index (χ1n) is 25.1. The molecule has 2 unspecified atom stereocenters. The first kappa shape index (κ1) is 61.0. The second kappa shape index (κ2) is 30.6. The number of aryl methyl sites for hydroxylation is 2. The highest BCUT2D eigenvalue weighted by molar-refractivity contribution is 8.08. The van der Waals surface area contributed by atoms with Gasteiger partial charge in [-0.15, -0.1) is 0 Å². The van der Waals surface area contributed by atoms with Crippen LogP contribution in [0.5, 0.6) is 11.5 Å². The van der Waals surface area contributed by atoms with Crippen LogP contribution in [0.1, 0.15) is 232 Å². The van der Waals surface area contributed by atoms with Crippen LogP contribution in [0.2, 0.25) is 0 Å². The van der Waals surface area contributed by atoms with E-state index in [4.69, 9.17) is 13.1 Å². The van der Waals surface area contributed by atoms with E-state index in [1.807, 2.05) is 67.5 Å². The zero-order chi connectivity index (χ0) is 50.3. The van der Waals surface area contributed by atoms with Crippen molar-refractivity contribution in [3.05, 3.63) is 46.5 Å². The maximum Gasteiger partial charge on any atom is 0.332 e. The monoisotopic (exact) mass is 1010 g/mol. The fourth-order valence-electron chi connectivity index (χ4n) is 8.05. The number of ether oxygens (including phenoxy) is 2. The Hall–Kier alpha value is -2.14. The third kappa shape index (κ3) is 23.6. The van der Waals surface area contributed by atoms with E-state index >= 15 is 0 Å². The van der Waals surface area contributed by atoms with E-state index in [1.165, 1.54) is 77.0 Å². The Morgan fingerprint density at radius 3 is 1.01 bits per heavy atom. The third-order valence-corrected chi connectivity index (χ3v) is 16.3. The average molecular weight is 1020 g/mol. The number of benzene rings is 2. The molecule has 2 rings (SSSR count). The van der Waals surface area contributed by atoms with Gasteiger partial charge in [0.15, 0.2) is 10.5 Å². The van der Waals surface area contributed by atoms with Crippen molar-refractivity contribution in [1.82, 2.24) is 0 Å². The number of carbonyl (C=O) groups excluding carboxylic acids is 2. The SMILES string of the molecule is CCCCCCCCCCCCCC(C(=O)Oc1cc(C)c(SOSc2cc(C(C)(C)C)c(OC(=O)C(CCCCCCCCCCCCC)S(=O)(=O)O)cc2C)cc1C(C)(C)C)S(=O)(=O)O. The standard InChI is InChI=1S/C52H86O11S4/c1-11-13-15-17-19-21-23-25-27-29-31-33-47(66(55,56)57)49(53)61-43-35-39(3)45(37-41(43)51(5,6)7)64-63-65-46-38-42(52(8,9)10)44(36-40(46)4)62-50(54)48(67(58,59)60)34-32-30-28-26-24-22-20-18-16-14-12-2/h35-38,47-48H,11-34H2,1-10H3,(H,55,56,57)(H,58,59,60). The summed E-state index contributed by atoms with van der Waals surface area (Å²) in [5.74, 6) is -1.59. The summed E-state index contributed by atoms with van der Waals surface area (Å²) in [6.07, 6.45) is 23.6. The Kier molecular flexibility index (Phi) is 27.8. The molecule has 0 heterocycles. The highest BCUT2D eigenvalue weighted by Gasteiger charge is 2.35. The summed E-state index contributed by atoms with van der Waals surface area (Å²) in [5.41, 5.74) is 1.67.